The highest BCUT2D eigenvalue weighted by Gasteiger charge is 2.04. The van der Waals surface area contributed by atoms with Crippen LogP contribution >= 0.6 is 11.8 Å². The second-order valence-electron chi connectivity index (χ2n) is 4.71. The molecule has 0 aromatic heterocycles. The van der Waals surface area contributed by atoms with Crippen molar-refractivity contribution in [1.82, 2.24) is 5.32 Å². The van der Waals surface area contributed by atoms with Gasteiger partial charge < -0.3 is 15.7 Å². The zero-order valence-electron chi connectivity index (χ0n) is 11.5. The number of aliphatic hydroxyl groups excluding tert-OH is 1. The van der Waals surface area contributed by atoms with E-state index in [1.807, 2.05) is 36.4 Å². The molecule has 0 bridgehead atoms. The molecule has 1 heterocycles. The van der Waals surface area contributed by atoms with Gasteiger partial charge in [-0.05, 0) is 42.0 Å². The number of aliphatic hydroxyl groups is 1. The third-order valence-corrected chi connectivity index (χ3v) is 4.15. The highest BCUT2D eigenvalue weighted by Crippen LogP contribution is 2.28. The molecular weight excluding hydrogens is 282 g/mol. The Hall–Kier alpha value is -1.98. The first-order valence-corrected chi connectivity index (χ1v) is 7.68. The molecule has 21 heavy (non-hydrogen) atoms. The molecule has 0 saturated heterocycles. The van der Waals surface area contributed by atoms with Gasteiger partial charge in [0.15, 0.2) is 5.96 Å². The fourth-order valence-corrected chi connectivity index (χ4v) is 2.84. The maximum atomic E-state index is 9.04. The molecule has 0 saturated carbocycles. The van der Waals surface area contributed by atoms with Gasteiger partial charge in [0.2, 0.25) is 0 Å². The van der Waals surface area contributed by atoms with Crippen molar-refractivity contribution in [3.8, 4) is 0 Å². The van der Waals surface area contributed by atoms with Crippen LogP contribution in [0, 0.1) is 0 Å². The lowest BCUT2D eigenvalue weighted by Crippen LogP contribution is -2.26. The second-order valence-corrected chi connectivity index (χ2v) is 5.86. The van der Waals surface area contributed by atoms with E-state index in [4.69, 9.17) is 5.11 Å². The first-order valence-electron chi connectivity index (χ1n) is 6.86. The standard InChI is InChI=1S/C16H17N3OS/c20-11-12-1-5-14(6-2-12)21-15-7-3-13(4-8-15)19-16-17-9-10-18-16/h1-8,20H,9-11H2,(H2,17,18,19). The van der Waals surface area contributed by atoms with Gasteiger partial charge in [-0.25, -0.2) is 0 Å². The molecule has 5 heteroatoms. The average molecular weight is 299 g/mol. The van der Waals surface area contributed by atoms with Crippen LogP contribution < -0.4 is 10.6 Å². The van der Waals surface area contributed by atoms with Gasteiger partial charge in [0.05, 0.1) is 13.2 Å². The molecule has 2 aromatic rings. The average Bonchev–Trinajstić information content (AvgIpc) is 3.03. The Kier molecular flexibility index (Phi) is 4.43. The third-order valence-electron chi connectivity index (χ3n) is 3.13. The maximum absolute atomic E-state index is 9.04. The Balaban J connectivity index is 1.63. The fourth-order valence-electron chi connectivity index (χ4n) is 2.02. The van der Waals surface area contributed by atoms with Crippen molar-refractivity contribution in [2.75, 3.05) is 18.4 Å². The van der Waals surface area contributed by atoms with Crippen LogP contribution in [0.4, 0.5) is 5.69 Å². The number of nitrogens with one attached hydrogen (secondary N) is 2. The molecule has 0 fully saturated rings. The van der Waals surface area contributed by atoms with Crippen molar-refractivity contribution >= 4 is 23.4 Å². The largest absolute Gasteiger partial charge is 0.392 e. The van der Waals surface area contributed by atoms with Crippen molar-refractivity contribution < 1.29 is 5.11 Å². The summed E-state index contributed by atoms with van der Waals surface area (Å²) >= 11 is 1.70. The summed E-state index contributed by atoms with van der Waals surface area (Å²) in [6.07, 6.45) is 0. The summed E-state index contributed by atoms with van der Waals surface area (Å²) in [5.74, 6) is 0.843. The molecule has 1 aliphatic heterocycles. The van der Waals surface area contributed by atoms with Crippen LogP contribution in [-0.2, 0) is 6.61 Å². The first kappa shape index (κ1) is 14.0. The molecule has 0 atom stereocenters. The summed E-state index contributed by atoms with van der Waals surface area (Å²) in [6.45, 7) is 1.82. The van der Waals surface area contributed by atoms with Crippen molar-refractivity contribution in [2.24, 2.45) is 4.99 Å². The lowest BCUT2D eigenvalue weighted by molar-refractivity contribution is 0.282. The minimum absolute atomic E-state index is 0.0865. The van der Waals surface area contributed by atoms with Gasteiger partial charge in [-0.3, -0.25) is 4.99 Å². The van der Waals surface area contributed by atoms with Gasteiger partial charge in [-0.2, -0.15) is 0 Å². The van der Waals surface area contributed by atoms with Gasteiger partial charge in [0.25, 0.3) is 0 Å². The van der Waals surface area contributed by atoms with Gasteiger partial charge in [-0.15, -0.1) is 0 Å². The molecule has 2 aromatic carbocycles. The number of rotatable bonds is 4. The van der Waals surface area contributed by atoms with Gasteiger partial charge in [-0.1, -0.05) is 23.9 Å². The Labute approximate surface area is 128 Å². The van der Waals surface area contributed by atoms with E-state index in [9.17, 15) is 0 Å². The van der Waals surface area contributed by atoms with E-state index in [0.29, 0.717) is 0 Å². The van der Waals surface area contributed by atoms with Gasteiger partial charge in [0, 0.05) is 22.0 Å². The van der Waals surface area contributed by atoms with Crippen molar-refractivity contribution in [3.05, 3.63) is 54.1 Å². The van der Waals surface area contributed by atoms with E-state index < -0.39 is 0 Å². The summed E-state index contributed by atoms with van der Waals surface area (Å²) in [5, 5.41) is 15.5. The van der Waals surface area contributed by atoms with Crippen molar-refractivity contribution in [1.29, 1.82) is 0 Å². The lowest BCUT2D eigenvalue weighted by atomic mass is 10.2. The summed E-state index contributed by atoms with van der Waals surface area (Å²) in [5.41, 5.74) is 1.96. The monoisotopic (exact) mass is 299 g/mol. The maximum Gasteiger partial charge on any atom is 0.195 e. The molecule has 108 valence electrons. The van der Waals surface area contributed by atoms with Crippen LogP contribution in [0.1, 0.15) is 5.56 Å². The third kappa shape index (κ3) is 3.77. The Morgan fingerprint density at radius 3 is 2.29 bits per heavy atom. The summed E-state index contributed by atoms with van der Waals surface area (Å²) in [7, 11) is 0. The van der Waals surface area contributed by atoms with E-state index in [1.54, 1.807) is 11.8 Å². The van der Waals surface area contributed by atoms with Gasteiger partial charge in [0.1, 0.15) is 0 Å². The zero-order valence-corrected chi connectivity index (χ0v) is 12.4. The molecular formula is C16H17N3OS. The Morgan fingerprint density at radius 2 is 1.71 bits per heavy atom. The van der Waals surface area contributed by atoms with Crippen LogP contribution in [0.2, 0.25) is 0 Å². The molecule has 0 radical (unpaired) electrons. The number of benzene rings is 2. The lowest BCUT2D eigenvalue weighted by Gasteiger charge is -2.07. The molecule has 0 unspecified atom stereocenters. The minimum Gasteiger partial charge on any atom is -0.392 e. The van der Waals surface area contributed by atoms with Crippen LogP contribution in [0.25, 0.3) is 0 Å². The second kappa shape index (κ2) is 6.65. The first-order chi connectivity index (χ1) is 10.3. The van der Waals surface area contributed by atoms with E-state index in [-0.39, 0.29) is 6.61 Å². The Bertz CT molecular complexity index is 623. The van der Waals surface area contributed by atoms with Gasteiger partial charge >= 0.3 is 0 Å². The number of guanidine groups is 1. The number of nitrogens with zero attached hydrogens (tertiary/aromatic N) is 1. The molecule has 0 spiro atoms. The highest BCUT2D eigenvalue weighted by molar-refractivity contribution is 7.99. The van der Waals surface area contributed by atoms with E-state index in [2.05, 4.69) is 27.8 Å². The number of hydrogen-bond donors (Lipinski definition) is 3. The number of aliphatic imine (C=N–C) groups is 1. The van der Waals surface area contributed by atoms with E-state index in [1.165, 1.54) is 4.90 Å². The van der Waals surface area contributed by atoms with Crippen molar-refractivity contribution in [3.63, 3.8) is 0 Å². The molecule has 0 amide bonds. The Morgan fingerprint density at radius 1 is 1.05 bits per heavy atom. The highest BCUT2D eigenvalue weighted by atomic mass is 32.2. The smallest absolute Gasteiger partial charge is 0.195 e. The summed E-state index contributed by atoms with van der Waals surface area (Å²) in [6, 6.07) is 16.2. The SMILES string of the molecule is OCc1ccc(Sc2ccc(NC3=NCCN3)cc2)cc1. The fraction of sp³-hybridized carbons (Fsp3) is 0.188. The predicted octanol–water partition coefficient (Wildman–Crippen LogP) is 2.70. The van der Waals surface area contributed by atoms with Crippen LogP contribution in [0.15, 0.2) is 63.3 Å². The topological polar surface area (TPSA) is 56.6 Å². The zero-order chi connectivity index (χ0) is 14.5. The summed E-state index contributed by atoms with van der Waals surface area (Å²) in [4.78, 5) is 6.65. The predicted molar refractivity (Wildman–Crippen MR) is 86.9 cm³/mol. The van der Waals surface area contributed by atoms with Crippen LogP contribution in [0.3, 0.4) is 0 Å². The normalized spacial score (nSPS) is 13.7. The number of hydrogen-bond acceptors (Lipinski definition) is 5. The van der Waals surface area contributed by atoms with Crippen LogP contribution in [-0.4, -0.2) is 24.2 Å². The quantitative estimate of drug-likeness (QED) is 0.812. The van der Waals surface area contributed by atoms with E-state index >= 15 is 0 Å². The summed E-state index contributed by atoms with van der Waals surface area (Å²) < 4.78 is 0. The van der Waals surface area contributed by atoms with Crippen molar-refractivity contribution in [2.45, 2.75) is 16.4 Å². The molecule has 3 rings (SSSR count). The number of anilines is 1. The molecule has 3 N–H and O–H groups in total. The van der Waals surface area contributed by atoms with Crippen LogP contribution in [0.5, 0.6) is 0 Å². The molecule has 4 nitrogen and oxygen atoms in total. The molecule has 1 aliphatic rings. The minimum atomic E-state index is 0.0865. The van der Waals surface area contributed by atoms with E-state index in [0.717, 1.165) is 35.2 Å². The molecule has 0 aliphatic carbocycles.